The summed E-state index contributed by atoms with van der Waals surface area (Å²) in [7, 11) is 0. The molecule has 0 amide bonds. The van der Waals surface area contributed by atoms with Gasteiger partial charge in [-0.1, -0.05) is 6.07 Å². The van der Waals surface area contributed by atoms with Crippen molar-refractivity contribution in [3.05, 3.63) is 29.3 Å². The molecule has 0 aliphatic carbocycles. The number of phenolic OH excluding ortho intramolecular Hbond substituents is 1. The van der Waals surface area contributed by atoms with Crippen LogP contribution in [0, 0.1) is 11.6 Å². The second-order valence-electron chi connectivity index (χ2n) is 2.56. The highest BCUT2D eigenvalue weighted by Gasteiger charge is 2.17. The van der Waals surface area contributed by atoms with Gasteiger partial charge in [0.05, 0.1) is 6.04 Å². The summed E-state index contributed by atoms with van der Waals surface area (Å²) in [5.74, 6) is -3.51. The average molecular weight is 191 g/mol. The van der Waals surface area contributed by atoms with Crippen molar-refractivity contribution >= 4 is 0 Å². The first-order valence-corrected chi connectivity index (χ1v) is 3.56. The summed E-state index contributed by atoms with van der Waals surface area (Å²) < 4.78 is 37.6. The standard InChI is InChI=1S/C8H8F3NO/c9-3-5(12)4-1-2-6(13)8(11)7(4)10/h1-2,5,13H,3,12H2/t5-/m1/s1. The Balaban J connectivity index is 3.18. The third-order valence-corrected chi connectivity index (χ3v) is 1.66. The summed E-state index contributed by atoms with van der Waals surface area (Å²) in [6.45, 7) is -0.985. The molecule has 3 N–H and O–H groups in total. The van der Waals surface area contributed by atoms with Crippen LogP contribution in [0.2, 0.25) is 0 Å². The van der Waals surface area contributed by atoms with Crippen LogP contribution < -0.4 is 5.73 Å². The van der Waals surface area contributed by atoms with E-state index in [9.17, 15) is 13.2 Å². The maximum Gasteiger partial charge on any atom is 0.200 e. The quantitative estimate of drug-likeness (QED) is 0.746. The van der Waals surface area contributed by atoms with Crippen molar-refractivity contribution in [3.8, 4) is 5.75 Å². The first kappa shape index (κ1) is 9.85. The topological polar surface area (TPSA) is 46.2 Å². The first-order chi connectivity index (χ1) is 6.07. The summed E-state index contributed by atoms with van der Waals surface area (Å²) in [6, 6.07) is 0.788. The number of hydrogen-bond acceptors (Lipinski definition) is 2. The van der Waals surface area contributed by atoms with Gasteiger partial charge in [0, 0.05) is 5.56 Å². The molecule has 72 valence electrons. The summed E-state index contributed by atoms with van der Waals surface area (Å²) in [5.41, 5.74) is 4.87. The third kappa shape index (κ3) is 1.75. The predicted molar refractivity (Wildman–Crippen MR) is 40.9 cm³/mol. The zero-order valence-corrected chi connectivity index (χ0v) is 6.60. The van der Waals surface area contributed by atoms with Gasteiger partial charge in [-0.3, -0.25) is 0 Å². The fourth-order valence-corrected chi connectivity index (χ4v) is 0.924. The van der Waals surface area contributed by atoms with E-state index in [2.05, 4.69) is 0 Å². The molecule has 0 spiro atoms. The zero-order valence-electron chi connectivity index (χ0n) is 6.60. The van der Waals surface area contributed by atoms with Crippen molar-refractivity contribution < 1.29 is 18.3 Å². The number of phenols is 1. The molecular formula is C8H8F3NO. The van der Waals surface area contributed by atoms with Crippen LogP contribution in [0.5, 0.6) is 5.75 Å². The van der Waals surface area contributed by atoms with Crippen molar-refractivity contribution in [2.75, 3.05) is 6.67 Å². The van der Waals surface area contributed by atoms with Gasteiger partial charge in [-0.05, 0) is 6.07 Å². The second-order valence-corrected chi connectivity index (χ2v) is 2.56. The molecule has 0 saturated heterocycles. The zero-order chi connectivity index (χ0) is 10.0. The van der Waals surface area contributed by atoms with E-state index in [1.165, 1.54) is 0 Å². The molecule has 2 nitrogen and oxygen atoms in total. The van der Waals surface area contributed by atoms with Crippen molar-refractivity contribution in [2.45, 2.75) is 6.04 Å². The Kier molecular flexibility index (Phi) is 2.77. The lowest BCUT2D eigenvalue weighted by atomic mass is 10.1. The van der Waals surface area contributed by atoms with E-state index in [0.29, 0.717) is 0 Å². The number of nitrogens with two attached hydrogens (primary N) is 1. The molecule has 0 aromatic heterocycles. The molecule has 1 rings (SSSR count). The highest BCUT2D eigenvalue weighted by Crippen LogP contribution is 2.24. The number of halogens is 3. The van der Waals surface area contributed by atoms with Gasteiger partial charge in [0.2, 0.25) is 5.82 Å². The molecule has 0 fully saturated rings. The molecule has 0 aliphatic heterocycles. The smallest absolute Gasteiger partial charge is 0.200 e. The van der Waals surface area contributed by atoms with Gasteiger partial charge in [0.15, 0.2) is 11.6 Å². The van der Waals surface area contributed by atoms with Gasteiger partial charge in [0.1, 0.15) is 6.67 Å². The van der Waals surface area contributed by atoms with Crippen LogP contribution in [0.15, 0.2) is 12.1 Å². The Morgan fingerprint density at radius 3 is 2.46 bits per heavy atom. The Morgan fingerprint density at radius 1 is 1.31 bits per heavy atom. The van der Waals surface area contributed by atoms with E-state index in [1.807, 2.05) is 0 Å². The average Bonchev–Trinajstić information content (AvgIpc) is 2.13. The number of benzene rings is 1. The molecule has 0 radical (unpaired) electrons. The van der Waals surface area contributed by atoms with Crippen molar-refractivity contribution in [2.24, 2.45) is 5.73 Å². The van der Waals surface area contributed by atoms with Gasteiger partial charge in [-0.2, -0.15) is 4.39 Å². The first-order valence-electron chi connectivity index (χ1n) is 3.56. The minimum absolute atomic E-state index is 0.280. The van der Waals surface area contributed by atoms with Crippen LogP contribution >= 0.6 is 0 Å². The Hall–Kier alpha value is -1.23. The summed E-state index contributed by atoms with van der Waals surface area (Å²) in [5, 5.41) is 8.73. The highest BCUT2D eigenvalue weighted by atomic mass is 19.2. The fourth-order valence-electron chi connectivity index (χ4n) is 0.924. The number of aromatic hydroxyl groups is 1. The van der Waals surface area contributed by atoms with Crippen molar-refractivity contribution in [3.63, 3.8) is 0 Å². The van der Waals surface area contributed by atoms with Gasteiger partial charge < -0.3 is 10.8 Å². The fraction of sp³-hybridized carbons (Fsp3) is 0.250. The number of hydrogen-bond donors (Lipinski definition) is 2. The van der Waals surface area contributed by atoms with E-state index in [-0.39, 0.29) is 5.56 Å². The highest BCUT2D eigenvalue weighted by molar-refractivity contribution is 5.31. The minimum atomic E-state index is -1.40. The second kappa shape index (κ2) is 3.66. The molecule has 0 saturated carbocycles. The molecule has 13 heavy (non-hydrogen) atoms. The van der Waals surface area contributed by atoms with Gasteiger partial charge in [0.25, 0.3) is 0 Å². The van der Waals surface area contributed by atoms with E-state index in [1.54, 1.807) is 0 Å². The molecule has 1 aromatic rings. The molecule has 1 atom stereocenters. The molecule has 0 bridgehead atoms. The lowest BCUT2D eigenvalue weighted by Crippen LogP contribution is -2.14. The SMILES string of the molecule is N[C@H](CF)c1ccc(O)c(F)c1F. The summed E-state index contributed by atoms with van der Waals surface area (Å²) >= 11 is 0. The van der Waals surface area contributed by atoms with Crippen LogP contribution in [0.4, 0.5) is 13.2 Å². The lowest BCUT2D eigenvalue weighted by Gasteiger charge is -2.09. The van der Waals surface area contributed by atoms with E-state index in [4.69, 9.17) is 10.8 Å². The van der Waals surface area contributed by atoms with Gasteiger partial charge >= 0.3 is 0 Å². The van der Waals surface area contributed by atoms with Crippen LogP contribution in [-0.4, -0.2) is 11.8 Å². The van der Waals surface area contributed by atoms with Crippen molar-refractivity contribution in [1.82, 2.24) is 0 Å². The summed E-state index contributed by atoms with van der Waals surface area (Å²) in [4.78, 5) is 0. The molecule has 5 heteroatoms. The maximum absolute atomic E-state index is 12.9. The Bertz CT molecular complexity index is 317. The third-order valence-electron chi connectivity index (χ3n) is 1.66. The Morgan fingerprint density at radius 2 is 1.92 bits per heavy atom. The van der Waals surface area contributed by atoms with Gasteiger partial charge in [-0.15, -0.1) is 0 Å². The molecule has 1 aromatic carbocycles. The van der Waals surface area contributed by atoms with Crippen LogP contribution in [0.1, 0.15) is 11.6 Å². The number of alkyl halides is 1. The maximum atomic E-state index is 12.9. The predicted octanol–water partition coefficient (Wildman–Crippen LogP) is 1.64. The largest absolute Gasteiger partial charge is 0.505 e. The molecule has 0 heterocycles. The van der Waals surface area contributed by atoms with Crippen LogP contribution in [-0.2, 0) is 0 Å². The summed E-state index contributed by atoms with van der Waals surface area (Å²) in [6.07, 6.45) is 0. The molecule has 0 aliphatic rings. The van der Waals surface area contributed by atoms with E-state index in [0.717, 1.165) is 12.1 Å². The van der Waals surface area contributed by atoms with E-state index >= 15 is 0 Å². The normalized spacial score (nSPS) is 12.9. The van der Waals surface area contributed by atoms with Gasteiger partial charge in [-0.25, -0.2) is 8.78 Å². The van der Waals surface area contributed by atoms with Crippen LogP contribution in [0.25, 0.3) is 0 Å². The Labute approximate surface area is 72.8 Å². The van der Waals surface area contributed by atoms with Crippen molar-refractivity contribution in [1.29, 1.82) is 0 Å². The molecule has 0 unspecified atom stereocenters. The number of rotatable bonds is 2. The van der Waals surface area contributed by atoms with Crippen LogP contribution in [0.3, 0.4) is 0 Å². The minimum Gasteiger partial charge on any atom is -0.505 e. The lowest BCUT2D eigenvalue weighted by molar-refractivity contribution is 0.389. The van der Waals surface area contributed by atoms with E-state index < -0.39 is 30.1 Å². The molecular weight excluding hydrogens is 183 g/mol. The monoisotopic (exact) mass is 191 g/mol.